The Bertz CT molecular complexity index is 420. The van der Waals surface area contributed by atoms with Crippen LogP contribution in [0.15, 0.2) is 0 Å². The highest BCUT2D eigenvalue weighted by Crippen LogP contribution is 2.18. The van der Waals surface area contributed by atoms with Gasteiger partial charge in [-0.15, -0.1) is 0 Å². The maximum Gasteiger partial charge on any atom is 0.356 e. The normalized spacial score (nSPS) is 15.4. The molecule has 1 aliphatic heterocycles. The van der Waals surface area contributed by atoms with E-state index in [0.717, 1.165) is 0 Å². The van der Waals surface area contributed by atoms with Gasteiger partial charge in [0.05, 0.1) is 5.69 Å². The van der Waals surface area contributed by atoms with Gasteiger partial charge in [-0.3, -0.25) is 4.79 Å². The van der Waals surface area contributed by atoms with Crippen molar-refractivity contribution >= 4 is 11.8 Å². The molecule has 0 unspecified atom stereocenters. The summed E-state index contributed by atoms with van der Waals surface area (Å²) in [5, 5.41) is 8.85. The maximum atomic E-state index is 11.2. The second-order valence-electron chi connectivity index (χ2n) is 3.38. The Balaban J connectivity index is 2.55. The third-order valence-corrected chi connectivity index (χ3v) is 2.44. The van der Waals surface area contributed by atoms with Crippen LogP contribution in [0, 0.1) is 6.92 Å². The lowest BCUT2D eigenvalue weighted by atomic mass is 10.1. The molecule has 0 saturated carbocycles. The number of rotatable bonds is 1. The first-order valence-electron chi connectivity index (χ1n) is 4.40. The summed E-state index contributed by atoms with van der Waals surface area (Å²) in [6.07, 6.45) is 0.672. The number of aromatic nitrogens is 2. The molecule has 0 amide bonds. The van der Waals surface area contributed by atoms with Crippen molar-refractivity contribution in [3.63, 3.8) is 0 Å². The Labute approximate surface area is 80.4 Å². The number of carboxylic acids is 1. The number of carboxylic acid groups (broad SMARTS) is 1. The van der Waals surface area contributed by atoms with Crippen LogP contribution in [0.1, 0.15) is 28.4 Å². The van der Waals surface area contributed by atoms with Gasteiger partial charge in [0, 0.05) is 19.4 Å². The summed E-state index contributed by atoms with van der Waals surface area (Å²) in [6.45, 7) is 2.31. The average Bonchev–Trinajstić information content (AvgIpc) is 2.43. The molecule has 1 aliphatic rings. The van der Waals surface area contributed by atoms with Crippen LogP contribution in [0.25, 0.3) is 0 Å². The van der Waals surface area contributed by atoms with E-state index in [-0.39, 0.29) is 17.9 Å². The van der Waals surface area contributed by atoms with E-state index in [2.05, 4.69) is 4.98 Å². The van der Waals surface area contributed by atoms with E-state index in [1.165, 1.54) is 0 Å². The van der Waals surface area contributed by atoms with Crippen LogP contribution < -0.4 is 0 Å². The number of carbonyl (C=O) groups excluding carboxylic acids is 1. The van der Waals surface area contributed by atoms with Gasteiger partial charge in [-0.1, -0.05) is 0 Å². The first-order chi connectivity index (χ1) is 6.59. The Morgan fingerprint density at radius 2 is 2.29 bits per heavy atom. The van der Waals surface area contributed by atoms with Crippen molar-refractivity contribution in [1.82, 2.24) is 9.55 Å². The molecule has 0 aromatic carbocycles. The molecule has 0 radical (unpaired) electrons. The molecule has 74 valence electrons. The van der Waals surface area contributed by atoms with Crippen LogP contribution in [0.4, 0.5) is 0 Å². The zero-order valence-corrected chi connectivity index (χ0v) is 7.78. The van der Waals surface area contributed by atoms with Gasteiger partial charge in [0.25, 0.3) is 0 Å². The fourth-order valence-electron chi connectivity index (χ4n) is 1.77. The van der Waals surface area contributed by atoms with Crippen LogP contribution in [-0.4, -0.2) is 26.4 Å². The summed E-state index contributed by atoms with van der Waals surface area (Å²) in [5.41, 5.74) is 0.571. The number of carbonyl (C=O) groups is 2. The highest BCUT2D eigenvalue weighted by molar-refractivity contribution is 5.90. The third kappa shape index (κ3) is 1.21. The Kier molecular flexibility index (Phi) is 1.87. The number of aryl methyl sites for hydroxylation is 1. The molecule has 14 heavy (non-hydrogen) atoms. The summed E-state index contributed by atoms with van der Waals surface area (Å²) in [4.78, 5) is 25.9. The van der Waals surface area contributed by atoms with Crippen molar-refractivity contribution in [2.45, 2.75) is 26.3 Å². The minimum atomic E-state index is -1.06. The van der Waals surface area contributed by atoms with Crippen molar-refractivity contribution in [3.8, 4) is 0 Å². The van der Waals surface area contributed by atoms with Gasteiger partial charge in [-0.2, -0.15) is 0 Å². The highest BCUT2D eigenvalue weighted by Gasteiger charge is 2.25. The summed E-state index contributed by atoms with van der Waals surface area (Å²) >= 11 is 0. The van der Waals surface area contributed by atoms with Gasteiger partial charge in [-0.25, -0.2) is 9.78 Å². The second kappa shape index (κ2) is 2.94. The van der Waals surface area contributed by atoms with Gasteiger partial charge in [0.2, 0.25) is 0 Å². The summed E-state index contributed by atoms with van der Waals surface area (Å²) in [5.74, 6) is -0.304. The van der Waals surface area contributed by atoms with Crippen LogP contribution in [0.3, 0.4) is 0 Å². The predicted molar refractivity (Wildman–Crippen MR) is 47.3 cm³/mol. The SMILES string of the molecule is Cc1nc(C(=O)O)c2n1CCC(=O)C2. The Morgan fingerprint density at radius 1 is 1.57 bits per heavy atom. The van der Waals surface area contributed by atoms with Crippen LogP contribution in [0.5, 0.6) is 0 Å². The highest BCUT2D eigenvalue weighted by atomic mass is 16.4. The van der Waals surface area contributed by atoms with Crippen molar-refractivity contribution in [3.05, 3.63) is 17.2 Å². The third-order valence-electron chi connectivity index (χ3n) is 2.44. The van der Waals surface area contributed by atoms with E-state index < -0.39 is 5.97 Å². The quantitative estimate of drug-likeness (QED) is 0.702. The first-order valence-corrected chi connectivity index (χ1v) is 4.40. The smallest absolute Gasteiger partial charge is 0.356 e. The molecule has 1 aromatic heterocycles. The summed E-state index contributed by atoms with van der Waals surface area (Å²) in [6, 6.07) is 0. The number of hydrogen-bond acceptors (Lipinski definition) is 3. The number of Topliss-reactive ketones (excluding diaryl/α,β-unsaturated/α-hetero) is 1. The maximum absolute atomic E-state index is 11.2. The van der Waals surface area contributed by atoms with Gasteiger partial charge < -0.3 is 9.67 Å². The van der Waals surface area contributed by atoms with Gasteiger partial charge in [0.1, 0.15) is 11.6 Å². The van der Waals surface area contributed by atoms with Crippen molar-refractivity contribution in [1.29, 1.82) is 0 Å². The fraction of sp³-hybridized carbons (Fsp3) is 0.444. The molecule has 2 rings (SSSR count). The number of aromatic carboxylic acids is 1. The standard InChI is InChI=1S/C9H10N2O3/c1-5-10-8(9(13)14)7-4-6(12)2-3-11(5)7/h2-4H2,1H3,(H,13,14). The predicted octanol–water partition coefficient (Wildman–Crippen LogP) is 0.405. The van der Waals surface area contributed by atoms with Crippen molar-refractivity contribution in [2.24, 2.45) is 0 Å². The lowest BCUT2D eigenvalue weighted by Gasteiger charge is -2.14. The van der Waals surface area contributed by atoms with Crippen molar-refractivity contribution in [2.75, 3.05) is 0 Å². The Morgan fingerprint density at radius 3 is 2.93 bits per heavy atom. The van der Waals surface area contributed by atoms with Crippen LogP contribution >= 0.6 is 0 Å². The number of ketones is 1. The monoisotopic (exact) mass is 194 g/mol. The van der Waals surface area contributed by atoms with E-state index in [1.807, 2.05) is 4.57 Å². The molecular formula is C9H10N2O3. The summed E-state index contributed by atoms with van der Waals surface area (Å²) in [7, 11) is 0. The molecule has 5 heteroatoms. The second-order valence-corrected chi connectivity index (χ2v) is 3.38. The molecule has 1 N–H and O–H groups in total. The molecule has 0 spiro atoms. The zero-order valence-electron chi connectivity index (χ0n) is 7.78. The van der Waals surface area contributed by atoms with Crippen LogP contribution in [-0.2, 0) is 17.8 Å². The van der Waals surface area contributed by atoms with E-state index in [9.17, 15) is 9.59 Å². The average molecular weight is 194 g/mol. The van der Waals surface area contributed by atoms with Crippen molar-refractivity contribution < 1.29 is 14.7 Å². The topological polar surface area (TPSA) is 72.2 Å². The molecule has 5 nitrogen and oxygen atoms in total. The first kappa shape index (κ1) is 8.93. The van der Waals surface area contributed by atoms with Crippen LogP contribution in [0.2, 0.25) is 0 Å². The molecule has 0 saturated heterocycles. The lowest BCUT2D eigenvalue weighted by Crippen LogP contribution is -2.20. The van der Waals surface area contributed by atoms with E-state index in [4.69, 9.17) is 5.11 Å². The molecule has 0 fully saturated rings. The lowest BCUT2D eigenvalue weighted by molar-refractivity contribution is -0.119. The van der Waals surface area contributed by atoms with E-state index >= 15 is 0 Å². The molecule has 0 bridgehead atoms. The Hall–Kier alpha value is -1.65. The molecule has 0 atom stereocenters. The van der Waals surface area contributed by atoms with E-state index in [0.29, 0.717) is 24.5 Å². The number of nitrogens with zero attached hydrogens (tertiary/aromatic N) is 2. The number of imidazole rings is 1. The molecular weight excluding hydrogens is 184 g/mol. The minimum Gasteiger partial charge on any atom is -0.476 e. The zero-order chi connectivity index (χ0) is 10.3. The molecule has 1 aromatic rings. The number of fused-ring (bicyclic) bond motifs is 1. The fourth-order valence-corrected chi connectivity index (χ4v) is 1.77. The molecule has 0 aliphatic carbocycles. The number of hydrogen-bond donors (Lipinski definition) is 1. The minimum absolute atomic E-state index is 0.0237. The largest absolute Gasteiger partial charge is 0.476 e. The van der Waals surface area contributed by atoms with Gasteiger partial charge in [0.15, 0.2) is 5.69 Å². The van der Waals surface area contributed by atoms with Gasteiger partial charge >= 0.3 is 5.97 Å². The van der Waals surface area contributed by atoms with Gasteiger partial charge in [-0.05, 0) is 6.92 Å². The summed E-state index contributed by atoms with van der Waals surface area (Å²) < 4.78 is 1.81. The molecule has 2 heterocycles. The van der Waals surface area contributed by atoms with E-state index in [1.54, 1.807) is 6.92 Å².